The maximum Gasteiger partial charge on any atom is 0.147 e. The van der Waals surface area contributed by atoms with Crippen molar-refractivity contribution in [1.82, 2.24) is 19.7 Å². The smallest absolute Gasteiger partial charge is 0.147 e. The van der Waals surface area contributed by atoms with Crippen molar-refractivity contribution in [2.75, 3.05) is 19.6 Å². The van der Waals surface area contributed by atoms with Gasteiger partial charge in [-0.15, -0.1) is 10.2 Å². The SMILES string of the molecule is CC(CCCN)CN1CCn2cnnc2C1. The van der Waals surface area contributed by atoms with Gasteiger partial charge in [-0.05, 0) is 25.3 Å². The van der Waals surface area contributed by atoms with Crippen LogP contribution < -0.4 is 5.73 Å². The summed E-state index contributed by atoms with van der Waals surface area (Å²) in [6, 6.07) is 0. The lowest BCUT2D eigenvalue weighted by atomic mass is 10.0. The Labute approximate surface area is 96.6 Å². The monoisotopic (exact) mass is 223 g/mol. The molecule has 0 spiro atoms. The van der Waals surface area contributed by atoms with Crippen LogP contribution in [0.2, 0.25) is 0 Å². The predicted molar refractivity (Wildman–Crippen MR) is 62.8 cm³/mol. The molecule has 2 N–H and O–H groups in total. The van der Waals surface area contributed by atoms with E-state index in [1.54, 1.807) is 0 Å². The van der Waals surface area contributed by atoms with Gasteiger partial charge in [0.1, 0.15) is 12.2 Å². The Hall–Kier alpha value is -0.940. The number of rotatable bonds is 5. The summed E-state index contributed by atoms with van der Waals surface area (Å²) in [4.78, 5) is 2.46. The Morgan fingerprint density at radius 2 is 2.38 bits per heavy atom. The lowest BCUT2D eigenvalue weighted by Gasteiger charge is -2.29. The first-order valence-corrected chi connectivity index (χ1v) is 6.08. The first kappa shape index (κ1) is 11.5. The van der Waals surface area contributed by atoms with Crippen molar-refractivity contribution in [2.45, 2.75) is 32.9 Å². The van der Waals surface area contributed by atoms with Crippen molar-refractivity contribution in [3.05, 3.63) is 12.2 Å². The van der Waals surface area contributed by atoms with Crippen LogP contribution in [0.5, 0.6) is 0 Å². The van der Waals surface area contributed by atoms with Gasteiger partial charge in [0.25, 0.3) is 0 Å². The number of aromatic nitrogens is 3. The molecule has 0 radical (unpaired) electrons. The molecule has 5 nitrogen and oxygen atoms in total. The van der Waals surface area contributed by atoms with Gasteiger partial charge in [-0.2, -0.15) is 0 Å². The van der Waals surface area contributed by atoms with E-state index >= 15 is 0 Å². The van der Waals surface area contributed by atoms with Crippen molar-refractivity contribution in [3.63, 3.8) is 0 Å². The summed E-state index contributed by atoms with van der Waals surface area (Å²) >= 11 is 0. The molecule has 1 aliphatic heterocycles. The number of fused-ring (bicyclic) bond motifs is 1. The molecule has 1 aromatic rings. The van der Waals surface area contributed by atoms with Crippen molar-refractivity contribution in [3.8, 4) is 0 Å². The Balaban J connectivity index is 1.80. The summed E-state index contributed by atoms with van der Waals surface area (Å²) in [5, 5.41) is 8.06. The molecular formula is C11H21N5. The second-order valence-electron chi connectivity index (χ2n) is 4.71. The molecule has 0 saturated carbocycles. The molecule has 0 fully saturated rings. The molecular weight excluding hydrogens is 202 g/mol. The molecule has 16 heavy (non-hydrogen) atoms. The van der Waals surface area contributed by atoms with E-state index in [4.69, 9.17) is 5.73 Å². The summed E-state index contributed by atoms with van der Waals surface area (Å²) in [5.74, 6) is 1.82. The summed E-state index contributed by atoms with van der Waals surface area (Å²) in [6.07, 6.45) is 4.18. The van der Waals surface area contributed by atoms with Gasteiger partial charge >= 0.3 is 0 Å². The predicted octanol–water partition coefficient (Wildman–Crippen LogP) is 0.469. The van der Waals surface area contributed by atoms with Gasteiger partial charge in [0.15, 0.2) is 0 Å². The van der Waals surface area contributed by atoms with Crippen LogP contribution in [-0.2, 0) is 13.1 Å². The zero-order valence-electron chi connectivity index (χ0n) is 9.97. The van der Waals surface area contributed by atoms with E-state index in [2.05, 4.69) is 26.6 Å². The van der Waals surface area contributed by atoms with Crippen LogP contribution in [0.4, 0.5) is 0 Å². The number of nitrogens with zero attached hydrogens (tertiary/aromatic N) is 4. The maximum atomic E-state index is 5.52. The Morgan fingerprint density at radius 1 is 1.50 bits per heavy atom. The summed E-state index contributed by atoms with van der Waals surface area (Å²) in [6.45, 7) is 7.32. The highest BCUT2D eigenvalue weighted by molar-refractivity contribution is 4.90. The minimum atomic E-state index is 0.720. The summed E-state index contributed by atoms with van der Waals surface area (Å²) in [5.41, 5.74) is 5.52. The normalized spacial score (nSPS) is 18.4. The second-order valence-corrected chi connectivity index (χ2v) is 4.71. The van der Waals surface area contributed by atoms with Crippen LogP contribution >= 0.6 is 0 Å². The number of hydrogen-bond acceptors (Lipinski definition) is 4. The molecule has 90 valence electrons. The molecule has 0 saturated heterocycles. The zero-order valence-corrected chi connectivity index (χ0v) is 9.97. The Morgan fingerprint density at radius 3 is 3.19 bits per heavy atom. The van der Waals surface area contributed by atoms with Gasteiger partial charge in [-0.25, -0.2) is 0 Å². The van der Waals surface area contributed by atoms with Crippen LogP contribution in [0.15, 0.2) is 6.33 Å². The van der Waals surface area contributed by atoms with E-state index in [1.165, 1.54) is 6.42 Å². The highest BCUT2D eigenvalue weighted by Crippen LogP contribution is 2.13. The summed E-state index contributed by atoms with van der Waals surface area (Å²) in [7, 11) is 0. The molecule has 0 amide bonds. The fourth-order valence-electron chi connectivity index (χ4n) is 2.27. The molecule has 0 bridgehead atoms. The molecule has 2 heterocycles. The van der Waals surface area contributed by atoms with Crippen LogP contribution in [-0.4, -0.2) is 39.3 Å². The van der Waals surface area contributed by atoms with Crippen LogP contribution in [0.1, 0.15) is 25.6 Å². The van der Waals surface area contributed by atoms with E-state index in [-0.39, 0.29) is 0 Å². The van der Waals surface area contributed by atoms with E-state index in [1.807, 2.05) is 6.33 Å². The third kappa shape index (κ3) is 2.80. The highest BCUT2D eigenvalue weighted by Gasteiger charge is 2.18. The first-order valence-electron chi connectivity index (χ1n) is 6.08. The van der Waals surface area contributed by atoms with E-state index in [9.17, 15) is 0 Å². The lowest BCUT2D eigenvalue weighted by molar-refractivity contribution is 0.185. The fraction of sp³-hybridized carbons (Fsp3) is 0.818. The molecule has 5 heteroatoms. The van der Waals surface area contributed by atoms with Crippen molar-refractivity contribution in [1.29, 1.82) is 0 Å². The quantitative estimate of drug-likeness (QED) is 0.788. The van der Waals surface area contributed by atoms with Crippen LogP contribution in [0, 0.1) is 5.92 Å². The third-order valence-corrected chi connectivity index (χ3v) is 3.19. The third-order valence-electron chi connectivity index (χ3n) is 3.19. The fourth-order valence-corrected chi connectivity index (χ4v) is 2.27. The molecule has 1 atom stereocenters. The molecule has 0 aliphatic carbocycles. The highest BCUT2D eigenvalue weighted by atomic mass is 15.3. The van der Waals surface area contributed by atoms with Crippen LogP contribution in [0.3, 0.4) is 0 Å². The Bertz CT molecular complexity index is 322. The largest absolute Gasteiger partial charge is 0.330 e. The van der Waals surface area contributed by atoms with Gasteiger partial charge in [0.2, 0.25) is 0 Å². The minimum absolute atomic E-state index is 0.720. The minimum Gasteiger partial charge on any atom is -0.330 e. The number of nitrogens with two attached hydrogens (primary N) is 1. The average molecular weight is 223 g/mol. The molecule has 1 unspecified atom stereocenters. The van der Waals surface area contributed by atoms with Crippen LogP contribution in [0.25, 0.3) is 0 Å². The topological polar surface area (TPSA) is 60.0 Å². The summed E-state index contributed by atoms with van der Waals surface area (Å²) < 4.78 is 2.14. The molecule has 1 aromatic heterocycles. The van der Waals surface area contributed by atoms with Crippen molar-refractivity contribution >= 4 is 0 Å². The van der Waals surface area contributed by atoms with E-state index in [0.717, 1.165) is 50.9 Å². The van der Waals surface area contributed by atoms with E-state index < -0.39 is 0 Å². The molecule has 0 aromatic carbocycles. The zero-order chi connectivity index (χ0) is 11.4. The second kappa shape index (κ2) is 5.41. The first-order chi connectivity index (χ1) is 7.79. The van der Waals surface area contributed by atoms with Crippen molar-refractivity contribution < 1.29 is 0 Å². The van der Waals surface area contributed by atoms with Crippen molar-refractivity contribution in [2.24, 2.45) is 11.7 Å². The standard InChI is InChI=1S/C11H21N5/c1-10(3-2-4-12)7-15-5-6-16-9-13-14-11(16)8-15/h9-10H,2-8,12H2,1H3. The molecule has 1 aliphatic rings. The van der Waals surface area contributed by atoms with Gasteiger partial charge in [0, 0.05) is 19.6 Å². The lowest BCUT2D eigenvalue weighted by Crippen LogP contribution is -2.36. The molecule has 2 rings (SSSR count). The van der Waals surface area contributed by atoms with Gasteiger partial charge in [0.05, 0.1) is 6.54 Å². The Kier molecular flexibility index (Phi) is 3.90. The van der Waals surface area contributed by atoms with Gasteiger partial charge in [-0.1, -0.05) is 6.92 Å². The maximum absolute atomic E-state index is 5.52. The van der Waals surface area contributed by atoms with E-state index in [0.29, 0.717) is 0 Å². The van der Waals surface area contributed by atoms with Gasteiger partial charge < -0.3 is 10.3 Å². The van der Waals surface area contributed by atoms with Gasteiger partial charge in [-0.3, -0.25) is 4.90 Å². The number of hydrogen-bond donors (Lipinski definition) is 1. The average Bonchev–Trinajstić information content (AvgIpc) is 2.73.